The van der Waals surface area contributed by atoms with Crippen LogP contribution in [0.15, 0.2) is 164 Å². The van der Waals surface area contributed by atoms with Crippen molar-refractivity contribution in [3.63, 3.8) is 0 Å². The van der Waals surface area contributed by atoms with Crippen molar-refractivity contribution in [3.8, 4) is 0 Å². The molecule has 0 bridgehead atoms. The Bertz CT molecular complexity index is 3090. The third kappa shape index (κ3) is 44.8. The van der Waals surface area contributed by atoms with E-state index in [1.54, 1.807) is 0 Å². The number of rotatable bonds is 5. The Morgan fingerprint density at radius 2 is 0.684 bits per heavy atom. The van der Waals surface area contributed by atoms with Crippen molar-refractivity contribution in [3.05, 3.63) is 247 Å². The van der Waals surface area contributed by atoms with Crippen LogP contribution in [0.4, 0.5) is 13.2 Å². The summed E-state index contributed by atoms with van der Waals surface area (Å²) in [6.07, 6.45) is 3.82. The van der Waals surface area contributed by atoms with Crippen LogP contribution in [0.2, 0.25) is 50.9 Å². The van der Waals surface area contributed by atoms with E-state index in [-0.39, 0.29) is 5.41 Å². The van der Waals surface area contributed by atoms with Gasteiger partial charge in [0.15, 0.2) is 0 Å². The zero-order valence-corrected chi connectivity index (χ0v) is 71.3. The van der Waals surface area contributed by atoms with Gasteiger partial charge in [-0.15, -0.1) is 0 Å². The minimum absolute atomic E-state index is 0.283. The highest BCUT2D eigenvalue weighted by Crippen LogP contribution is 2.49. The summed E-state index contributed by atoms with van der Waals surface area (Å²) in [4.78, 5) is 0. The van der Waals surface area contributed by atoms with E-state index >= 15 is 0 Å². The average Bonchev–Trinajstić information content (AvgIpc) is 0.816. The van der Waals surface area contributed by atoms with Gasteiger partial charge in [-0.05, 0) is 212 Å². The van der Waals surface area contributed by atoms with Crippen LogP contribution < -0.4 is 0 Å². The van der Waals surface area contributed by atoms with Gasteiger partial charge in [-0.3, -0.25) is 0 Å². The van der Waals surface area contributed by atoms with Gasteiger partial charge < -0.3 is 0 Å². The van der Waals surface area contributed by atoms with Gasteiger partial charge in [0, 0.05) is 16.1 Å². The molecule has 0 radical (unpaired) electrons. The maximum Gasteiger partial charge on any atom is 0.394 e. The molecule has 0 heterocycles. The fraction of sp³-hybridized carbons (Fsp3) is 0.548. The summed E-state index contributed by atoms with van der Waals surface area (Å²) < 4.78 is 37.4. The van der Waals surface area contributed by atoms with Gasteiger partial charge in [0.25, 0.3) is 0 Å². The monoisotopic (exact) mass is 1380 g/mol. The van der Waals surface area contributed by atoms with Crippen LogP contribution in [0.3, 0.4) is 0 Å². The molecule has 2 saturated carbocycles. The Morgan fingerprint density at radius 1 is 0.378 bits per heavy atom. The molecule has 7 aromatic rings. The minimum atomic E-state index is -4.01. The Labute approximate surface area is 608 Å². The lowest BCUT2D eigenvalue weighted by Gasteiger charge is -2.37. The van der Waals surface area contributed by atoms with Crippen LogP contribution in [0.1, 0.15) is 251 Å². The molecule has 5 heteroatoms. The summed E-state index contributed by atoms with van der Waals surface area (Å²) in [7, 11) is -1.28. The molecular formula is C93H149F3Si2. The van der Waals surface area contributed by atoms with Crippen molar-refractivity contribution >= 4 is 16.1 Å². The molecule has 0 aliphatic heterocycles. The molecule has 9 rings (SSSR count). The molecule has 0 saturated heterocycles. The molecule has 0 unspecified atom stereocenters. The summed E-state index contributed by atoms with van der Waals surface area (Å²) >= 11 is 0. The lowest BCUT2D eigenvalue weighted by atomic mass is 9.72. The van der Waals surface area contributed by atoms with E-state index in [1.165, 1.54) is 134 Å². The first-order valence-corrected chi connectivity index (χ1v) is 44.6. The van der Waals surface area contributed by atoms with Crippen LogP contribution in [-0.2, 0) is 5.41 Å². The summed E-state index contributed by atoms with van der Waals surface area (Å²) in [6.45, 7) is 70.5. The first-order valence-electron chi connectivity index (χ1n) is 37.5. The summed E-state index contributed by atoms with van der Waals surface area (Å²) in [5, 5.41) is 0. The number of hydrogen-bond donors (Lipinski definition) is 0. The van der Waals surface area contributed by atoms with Crippen LogP contribution in [0.25, 0.3) is 0 Å². The number of alkyl halides is 3. The fourth-order valence-corrected chi connectivity index (χ4v) is 12.2. The highest BCUT2D eigenvalue weighted by atomic mass is 28.3. The quantitative estimate of drug-likeness (QED) is 0.151. The predicted molar refractivity (Wildman–Crippen MR) is 444 cm³/mol. The van der Waals surface area contributed by atoms with Crippen molar-refractivity contribution in [1.82, 2.24) is 0 Å². The molecule has 0 atom stereocenters. The van der Waals surface area contributed by atoms with Gasteiger partial charge >= 0.3 is 6.18 Å². The van der Waals surface area contributed by atoms with E-state index in [4.69, 9.17) is 0 Å². The topological polar surface area (TPSA) is 0 Å². The fourth-order valence-electron chi connectivity index (χ4n) is 10.7. The molecule has 0 spiro atoms. The molecule has 0 amide bonds. The second-order valence-corrected chi connectivity index (χ2v) is 45.3. The molecule has 0 nitrogen and oxygen atoms in total. The van der Waals surface area contributed by atoms with E-state index in [2.05, 4.69) is 351 Å². The molecule has 550 valence electrons. The zero-order valence-electron chi connectivity index (χ0n) is 69.3. The lowest BCUT2D eigenvalue weighted by Crippen LogP contribution is -2.38. The number of aryl methyl sites for hydroxylation is 12. The molecule has 0 aromatic heterocycles. The van der Waals surface area contributed by atoms with Crippen LogP contribution in [-0.4, -0.2) is 22.3 Å². The summed E-state index contributed by atoms with van der Waals surface area (Å²) in [6, 6.07) is 61.7. The van der Waals surface area contributed by atoms with Crippen molar-refractivity contribution in [1.29, 1.82) is 0 Å². The molecular weight excluding hydrogens is 1230 g/mol. The Balaban J connectivity index is 0. The highest BCUT2D eigenvalue weighted by molar-refractivity contribution is 6.78. The molecule has 2 fully saturated rings. The minimum Gasteiger partial charge on any atom is -0.171 e. The van der Waals surface area contributed by atoms with E-state index in [9.17, 15) is 13.2 Å². The van der Waals surface area contributed by atoms with Crippen LogP contribution >= 0.6 is 0 Å². The predicted octanol–water partition coefficient (Wildman–Crippen LogP) is 31.1. The van der Waals surface area contributed by atoms with Crippen molar-refractivity contribution in [2.24, 2.45) is 22.7 Å². The first-order chi connectivity index (χ1) is 45.2. The van der Waals surface area contributed by atoms with Gasteiger partial charge in [0.1, 0.15) is 0 Å². The molecule has 98 heavy (non-hydrogen) atoms. The standard InChI is InChI=1S/2C11H16.C10H14.C9H15F3.C9H18.C9H12.2C8H10.C7H18Si.C7H8.C4H12Si/c1-8(2)11-7-9(3)5-6-10(11)4;1-9-7-5-6-8-10(9)11(2,3)4;1-8(2)10-7-5-4-6-9(10)3;1-7-3-5-8(2,6-4-7)9(10,11)12;1-8-4-6-9(2,3)7-5-8;1-7-4-5-8(2)9(3)6-7;1-7-3-5-8(2)6-4-7;1-7-5-3-4-6-8(7)2;1-5-8(4,6-2)7-3;1-7-5-3-2-4-6-7;1-5(2,3)4/h2*5-8H,1-4H3;4-8H,1-3H3;7H,3-6H2,1-2H3;8H,4-7H2,1-3H3;4-6H,1-3H3;2*3-6H,1-2H3;5-7H2,1-4H3;2-6H,1H3;1-4H3. The Hall–Kier alpha value is -5.24. The van der Waals surface area contributed by atoms with Gasteiger partial charge in [-0.1, -0.05) is 359 Å². The highest BCUT2D eigenvalue weighted by Gasteiger charge is 2.51. The number of hydrogen-bond acceptors (Lipinski definition) is 0. The normalized spacial score (nSPS) is 15.5. The Kier molecular flexibility index (Phi) is 46.2. The third-order valence-corrected chi connectivity index (χ3v) is 24.4. The average molecular weight is 1380 g/mol. The summed E-state index contributed by atoms with van der Waals surface area (Å²) in [5.74, 6) is 2.77. The second-order valence-electron chi connectivity index (χ2n) is 33.5. The van der Waals surface area contributed by atoms with E-state index in [0.717, 1.165) is 18.8 Å². The van der Waals surface area contributed by atoms with Crippen molar-refractivity contribution < 1.29 is 13.2 Å². The van der Waals surface area contributed by atoms with Gasteiger partial charge in [-0.25, -0.2) is 0 Å². The van der Waals surface area contributed by atoms with Gasteiger partial charge in [0.05, 0.1) is 5.41 Å². The van der Waals surface area contributed by atoms with E-state index in [0.29, 0.717) is 36.0 Å². The Morgan fingerprint density at radius 3 is 0.949 bits per heavy atom. The third-order valence-electron chi connectivity index (χ3n) is 19.3. The van der Waals surface area contributed by atoms with E-state index < -0.39 is 27.7 Å². The van der Waals surface area contributed by atoms with Crippen molar-refractivity contribution in [2.45, 2.75) is 313 Å². The van der Waals surface area contributed by atoms with Gasteiger partial charge in [0.2, 0.25) is 0 Å². The van der Waals surface area contributed by atoms with Crippen molar-refractivity contribution in [2.75, 3.05) is 0 Å². The maximum atomic E-state index is 12.5. The van der Waals surface area contributed by atoms with Crippen LogP contribution in [0.5, 0.6) is 0 Å². The summed E-state index contributed by atoms with van der Waals surface area (Å²) in [5.41, 5.74) is 20.3. The molecule has 7 aromatic carbocycles. The first kappa shape index (κ1) is 94.8. The lowest BCUT2D eigenvalue weighted by molar-refractivity contribution is -0.229. The van der Waals surface area contributed by atoms with Gasteiger partial charge in [-0.2, -0.15) is 13.2 Å². The number of benzene rings is 7. The number of halogens is 3. The maximum absolute atomic E-state index is 12.5. The molecule has 2 aliphatic carbocycles. The zero-order chi connectivity index (χ0) is 75.8. The second kappa shape index (κ2) is 47.8. The SMILES string of the molecule is CC1CCC(C)(C(F)(F)F)CC1.CC1CCC(C)(C)CC1.CC[Si](C)(CC)CC.C[Si](C)(C)C.Cc1ccc(C)c(C(C)C)c1.Cc1ccc(C)c(C)c1.Cc1ccc(C)cc1.Cc1ccccc1.Cc1ccccc1C.Cc1ccccc1C(C)(C)C.Cc1ccccc1C(C)C. The largest absolute Gasteiger partial charge is 0.394 e. The molecule has 0 N–H and O–H groups in total. The smallest absolute Gasteiger partial charge is 0.171 e. The molecule has 2 aliphatic rings. The van der Waals surface area contributed by atoms with E-state index in [1.807, 2.05) is 25.1 Å². The van der Waals surface area contributed by atoms with Crippen LogP contribution in [0, 0.1) is 106 Å².